The summed E-state index contributed by atoms with van der Waals surface area (Å²) in [5.74, 6) is -4.16. The molecule has 0 radical (unpaired) electrons. The number of nitrogens with one attached hydrogen (secondary N) is 2. The van der Waals surface area contributed by atoms with Gasteiger partial charge in [0.05, 0.1) is 24.6 Å². The minimum absolute atomic E-state index is 0.0278. The van der Waals surface area contributed by atoms with Crippen LogP contribution in [0, 0.1) is 22.9 Å². The molecule has 3 aromatic rings. The molecule has 8 nitrogen and oxygen atoms in total. The third-order valence-corrected chi connectivity index (χ3v) is 7.70. The fraction of sp³-hybridized carbons (Fsp3) is 0.429. The van der Waals surface area contributed by atoms with Crippen molar-refractivity contribution < 1.29 is 37.4 Å². The van der Waals surface area contributed by atoms with Crippen LogP contribution in [0.1, 0.15) is 43.0 Å². The number of carbonyl (C=O) groups excluding carboxylic acids is 1. The Morgan fingerprint density at radius 3 is 2.50 bits per heavy atom. The lowest BCUT2D eigenvalue weighted by atomic mass is 9.73. The van der Waals surface area contributed by atoms with Crippen molar-refractivity contribution in [3.8, 4) is 5.75 Å². The lowest BCUT2D eigenvalue weighted by molar-refractivity contribution is -0.143. The van der Waals surface area contributed by atoms with Gasteiger partial charge in [-0.3, -0.25) is 15.0 Å². The van der Waals surface area contributed by atoms with Gasteiger partial charge in [-0.1, -0.05) is 0 Å². The maximum Gasteiger partial charge on any atom is 0.249 e. The molecule has 0 saturated carbocycles. The Kier molecular flexibility index (Phi) is 9.44. The quantitative estimate of drug-likeness (QED) is 0.116. The number of piperidine rings is 1. The van der Waals surface area contributed by atoms with Crippen molar-refractivity contribution >= 4 is 22.5 Å². The summed E-state index contributed by atoms with van der Waals surface area (Å²) in [6, 6.07) is 6.84. The molecular weight excluding hydrogens is 532 g/mol. The number of pyridine rings is 1. The van der Waals surface area contributed by atoms with Gasteiger partial charge in [-0.15, -0.1) is 0 Å². The van der Waals surface area contributed by atoms with Crippen LogP contribution in [-0.4, -0.2) is 59.4 Å². The number of hydroxylamine groups is 1. The van der Waals surface area contributed by atoms with Crippen LogP contribution in [0.5, 0.6) is 5.75 Å². The summed E-state index contributed by atoms with van der Waals surface area (Å²) >= 11 is 0. The molecule has 2 aromatic carbocycles. The Morgan fingerprint density at radius 1 is 1.18 bits per heavy atom. The summed E-state index contributed by atoms with van der Waals surface area (Å²) in [6.07, 6.45) is 0.753. The third kappa shape index (κ3) is 6.29. The first-order valence-corrected chi connectivity index (χ1v) is 13.0. The van der Waals surface area contributed by atoms with Crippen molar-refractivity contribution in [3.05, 3.63) is 65.1 Å². The average molecular weight is 565 g/mol. The molecule has 1 atom stereocenters. The first kappa shape index (κ1) is 29.5. The largest absolute Gasteiger partial charge is 0.497 e. The minimum Gasteiger partial charge on any atom is -0.497 e. The lowest BCUT2D eigenvalue weighted by Crippen LogP contribution is -2.49. The van der Waals surface area contributed by atoms with E-state index in [1.54, 1.807) is 23.7 Å². The van der Waals surface area contributed by atoms with Crippen LogP contribution in [0.25, 0.3) is 10.9 Å². The molecule has 0 bridgehead atoms. The van der Waals surface area contributed by atoms with Gasteiger partial charge in [0.2, 0.25) is 5.91 Å². The van der Waals surface area contributed by atoms with Crippen LogP contribution in [0.2, 0.25) is 0 Å². The highest BCUT2D eigenvalue weighted by Crippen LogP contribution is 2.41. The van der Waals surface area contributed by atoms with E-state index >= 15 is 4.39 Å². The number of rotatable bonds is 11. The molecule has 0 spiro atoms. The molecule has 216 valence electrons. The lowest BCUT2D eigenvalue weighted by Gasteiger charge is -2.40. The van der Waals surface area contributed by atoms with Gasteiger partial charge in [-0.2, -0.15) is 0 Å². The maximum absolute atomic E-state index is 15.9. The normalized spacial score (nSPS) is 16.1. The van der Waals surface area contributed by atoms with Crippen LogP contribution < -0.4 is 15.5 Å². The molecule has 12 heteroatoms. The Hall–Kier alpha value is -3.48. The van der Waals surface area contributed by atoms with Gasteiger partial charge >= 0.3 is 0 Å². The van der Waals surface area contributed by atoms with Gasteiger partial charge in [0.25, 0.3) is 0 Å². The van der Waals surface area contributed by atoms with Crippen LogP contribution in [-0.2, 0) is 11.4 Å². The highest BCUT2D eigenvalue weighted by molar-refractivity contribution is 5.85. The number of fused-ring (bicyclic) bond motifs is 1. The molecule has 1 aromatic heterocycles. The number of aromatic nitrogens is 1. The van der Waals surface area contributed by atoms with Crippen LogP contribution in [0.15, 0.2) is 36.5 Å². The second-order valence-electron chi connectivity index (χ2n) is 9.99. The van der Waals surface area contributed by atoms with Crippen molar-refractivity contribution in [2.75, 3.05) is 38.6 Å². The number of aliphatic hydroxyl groups is 1. The molecule has 0 aliphatic carbocycles. The van der Waals surface area contributed by atoms with E-state index < -0.39 is 41.6 Å². The summed E-state index contributed by atoms with van der Waals surface area (Å²) in [7, 11) is 1.50. The molecule has 1 amide bonds. The highest BCUT2D eigenvalue weighted by Gasteiger charge is 2.41. The van der Waals surface area contributed by atoms with Crippen LogP contribution in [0.3, 0.4) is 0 Å². The van der Waals surface area contributed by atoms with E-state index in [4.69, 9.17) is 4.74 Å². The zero-order valence-electron chi connectivity index (χ0n) is 22.0. The number of hydrogen-bond donors (Lipinski definition) is 4. The van der Waals surface area contributed by atoms with Crippen molar-refractivity contribution in [2.24, 2.45) is 5.41 Å². The van der Waals surface area contributed by atoms with Crippen molar-refractivity contribution in [1.82, 2.24) is 15.4 Å². The van der Waals surface area contributed by atoms with Crippen LogP contribution in [0.4, 0.5) is 23.2 Å². The predicted octanol–water partition coefficient (Wildman–Crippen LogP) is 4.64. The first-order chi connectivity index (χ1) is 19.2. The Balaban J connectivity index is 1.41. The summed E-state index contributed by atoms with van der Waals surface area (Å²) in [5, 5.41) is 22.7. The molecule has 1 aliphatic heterocycles. The van der Waals surface area contributed by atoms with Gasteiger partial charge in [0, 0.05) is 53.6 Å². The number of carbonyl (C=O) groups is 1. The molecule has 1 unspecified atom stereocenters. The number of ether oxygens (including phenoxy) is 1. The molecule has 4 N–H and O–H groups in total. The molecule has 40 heavy (non-hydrogen) atoms. The Bertz CT molecular complexity index is 1320. The smallest absolute Gasteiger partial charge is 0.249 e. The number of halogens is 4. The number of amides is 1. The summed E-state index contributed by atoms with van der Waals surface area (Å²) < 4.78 is 61.2. The number of nitrogens with zero attached hydrogens (tertiary/aromatic N) is 2. The van der Waals surface area contributed by atoms with E-state index in [2.05, 4.69) is 10.3 Å². The standard InChI is InChI=1S/C28H32F4N4O4/c1-40-19-2-3-24-20(14-19)25(17(16-37)15-34-24)21(29)4-5-28(27(38)35-39)6-9-36(10-7-28)11-8-33-18-12-22(30)26(32)23(31)13-18/h2-3,12-15,21,33,37,39H,4-11,16H2,1H3,(H,35,38). The Morgan fingerprint density at radius 2 is 1.88 bits per heavy atom. The summed E-state index contributed by atoms with van der Waals surface area (Å²) in [5.41, 5.74) is 2.03. The molecular formula is C28H32F4N4O4. The topological polar surface area (TPSA) is 107 Å². The number of aliphatic hydroxyl groups excluding tert-OH is 1. The van der Waals surface area contributed by atoms with E-state index in [-0.39, 0.29) is 18.5 Å². The average Bonchev–Trinajstić information content (AvgIpc) is 2.97. The first-order valence-electron chi connectivity index (χ1n) is 13.0. The van der Waals surface area contributed by atoms with E-state index in [1.165, 1.54) is 13.3 Å². The molecule has 2 heterocycles. The zero-order valence-corrected chi connectivity index (χ0v) is 22.0. The Labute approximate surface area is 228 Å². The van der Waals surface area contributed by atoms with Gasteiger partial charge < -0.3 is 20.1 Å². The minimum atomic E-state index is -1.53. The number of benzene rings is 2. The van der Waals surface area contributed by atoms with E-state index in [0.717, 1.165) is 12.1 Å². The van der Waals surface area contributed by atoms with Crippen molar-refractivity contribution in [1.29, 1.82) is 0 Å². The number of hydrogen-bond acceptors (Lipinski definition) is 7. The SMILES string of the molecule is COc1ccc2ncc(CO)c(C(F)CCC3(C(=O)NO)CCN(CCNc4cc(F)c(F)c(F)c4)CC3)c2c1. The van der Waals surface area contributed by atoms with E-state index in [0.29, 0.717) is 66.8 Å². The fourth-order valence-electron chi connectivity index (χ4n) is 5.33. The molecule has 4 rings (SSSR count). The number of alkyl halides is 1. The monoisotopic (exact) mass is 564 g/mol. The van der Waals surface area contributed by atoms with Crippen LogP contribution >= 0.6 is 0 Å². The number of anilines is 1. The number of likely N-dealkylation sites (tertiary alicyclic amines) is 1. The van der Waals surface area contributed by atoms with Gasteiger partial charge in [-0.25, -0.2) is 23.0 Å². The van der Waals surface area contributed by atoms with Gasteiger partial charge in [-0.05, 0) is 57.0 Å². The maximum atomic E-state index is 15.9. The van der Waals surface area contributed by atoms with E-state index in [1.807, 2.05) is 4.90 Å². The van der Waals surface area contributed by atoms with Crippen molar-refractivity contribution in [2.45, 2.75) is 38.5 Å². The molecule has 1 saturated heterocycles. The van der Waals surface area contributed by atoms with Gasteiger partial charge in [0.1, 0.15) is 11.9 Å². The summed E-state index contributed by atoms with van der Waals surface area (Å²) in [4.78, 5) is 19.1. The second-order valence-corrected chi connectivity index (χ2v) is 9.99. The zero-order chi connectivity index (χ0) is 28.9. The van der Waals surface area contributed by atoms with Crippen molar-refractivity contribution in [3.63, 3.8) is 0 Å². The molecule has 1 aliphatic rings. The van der Waals surface area contributed by atoms with Gasteiger partial charge in [0.15, 0.2) is 17.5 Å². The molecule has 1 fully saturated rings. The number of methoxy groups -OCH3 is 1. The summed E-state index contributed by atoms with van der Waals surface area (Å²) in [6.45, 7) is 1.33. The van der Waals surface area contributed by atoms with E-state index in [9.17, 15) is 28.3 Å². The predicted molar refractivity (Wildman–Crippen MR) is 140 cm³/mol. The third-order valence-electron chi connectivity index (χ3n) is 7.70. The highest BCUT2D eigenvalue weighted by atomic mass is 19.2. The second kappa shape index (κ2) is 12.8. The fourth-order valence-corrected chi connectivity index (χ4v) is 5.33.